The van der Waals surface area contributed by atoms with Gasteiger partial charge in [0.15, 0.2) is 11.6 Å². The Balaban J connectivity index is 1.65. The highest BCUT2D eigenvalue weighted by atomic mass is 16.5. The van der Waals surface area contributed by atoms with E-state index in [-0.39, 0.29) is 12.3 Å². The summed E-state index contributed by atoms with van der Waals surface area (Å²) in [6.07, 6.45) is 1.95. The second kappa shape index (κ2) is 6.22. The molecule has 1 aromatic carbocycles. The topological polar surface area (TPSA) is 68.0 Å². The lowest BCUT2D eigenvalue weighted by Gasteiger charge is -2.01. The molecule has 1 amide bonds. The molecule has 3 aromatic rings. The van der Waals surface area contributed by atoms with Crippen molar-refractivity contribution in [2.24, 2.45) is 0 Å². The Morgan fingerprint density at radius 2 is 2.00 bits per heavy atom. The first-order valence-electron chi connectivity index (χ1n) is 6.94. The number of carbonyl (C=O) groups is 1. The smallest absolute Gasteiger partial charge is 0.230 e. The molecule has 0 unspecified atom stereocenters. The Hall–Kier alpha value is -2.95. The molecule has 110 valence electrons. The quantitative estimate of drug-likeness (QED) is 0.802. The third-order valence-electron chi connectivity index (χ3n) is 3.17. The molecule has 0 bridgehead atoms. The maximum Gasteiger partial charge on any atom is 0.230 e. The second-order valence-corrected chi connectivity index (χ2v) is 4.98. The van der Waals surface area contributed by atoms with Crippen molar-refractivity contribution >= 4 is 11.7 Å². The van der Waals surface area contributed by atoms with Gasteiger partial charge in [0.05, 0.1) is 6.42 Å². The minimum Gasteiger partial charge on any atom is -0.354 e. The van der Waals surface area contributed by atoms with E-state index in [2.05, 4.69) is 15.5 Å². The molecule has 0 atom stereocenters. The summed E-state index contributed by atoms with van der Waals surface area (Å²) in [6, 6.07) is 15.1. The van der Waals surface area contributed by atoms with E-state index in [1.807, 2.05) is 49.4 Å². The second-order valence-electron chi connectivity index (χ2n) is 4.98. The van der Waals surface area contributed by atoms with Gasteiger partial charge in [-0.05, 0) is 18.6 Å². The number of rotatable bonds is 4. The molecule has 0 spiro atoms. The van der Waals surface area contributed by atoms with E-state index < -0.39 is 0 Å². The van der Waals surface area contributed by atoms with Gasteiger partial charge in [0.2, 0.25) is 5.91 Å². The van der Waals surface area contributed by atoms with Crippen molar-refractivity contribution in [3.05, 3.63) is 66.0 Å². The molecule has 3 rings (SSSR count). The average Bonchev–Trinajstić information content (AvgIpc) is 2.99. The summed E-state index contributed by atoms with van der Waals surface area (Å²) in [7, 11) is 0. The molecule has 0 aliphatic heterocycles. The third-order valence-corrected chi connectivity index (χ3v) is 3.17. The van der Waals surface area contributed by atoms with Gasteiger partial charge in [0.25, 0.3) is 0 Å². The van der Waals surface area contributed by atoms with E-state index in [0.717, 1.165) is 16.8 Å². The SMILES string of the molecule is Cc1ccc(CC(=O)Nc2cc(-c3ccccc3)on2)cn1. The van der Waals surface area contributed by atoms with Crippen molar-refractivity contribution in [1.29, 1.82) is 0 Å². The minimum absolute atomic E-state index is 0.154. The lowest BCUT2D eigenvalue weighted by Crippen LogP contribution is -2.14. The predicted octanol–water partition coefficient (Wildman–Crippen LogP) is 3.23. The van der Waals surface area contributed by atoms with E-state index in [9.17, 15) is 4.79 Å². The van der Waals surface area contributed by atoms with Crippen LogP contribution in [0.4, 0.5) is 5.82 Å². The number of carbonyl (C=O) groups excluding carboxylic acids is 1. The monoisotopic (exact) mass is 293 g/mol. The highest BCUT2D eigenvalue weighted by Gasteiger charge is 2.10. The van der Waals surface area contributed by atoms with Crippen LogP contribution in [-0.4, -0.2) is 16.0 Å². The maximum atomic E-state index is 12.0. The van der Waals surface area contributed by atoms with Crippen molar-refractivity contribution in [3.63, 3.8) is 0 Å². The van der Waals surface area contributed by atoms with Gasteiger partial charge < -0.3 is 9.84 Å². The van der Waals surface area contributed by atoms with Crippen molar-refractivity contribution in [2.45, 2.75) is 13.3 Å². The van der Waals surface area contributed by atoms with Crippen LogP contribution >= 0.6 is 0 Å². The number of hydrogen-bond acceptors (Lipinski definition) is 4. The predicted molar refractivity (Wildman–Crippen MR) is 83.2 cm³/mol. The zero-order chi connectivity index (χ0) is 15.4. The summed E-state index contributed by atoms with van der Waals surface area (Å²) in [5.41, 5.74) is 2.70. The lowest BCUT2D eigenvalue weighted by atomic mass is 10.2. The van der Waals surface area contributed by atoms with E-state index in [4.69, 9.17) is 4.52 Å². The molecule has 22 heavy (non-hydrogen) atoms. The summed E-state index contributed by atoms with van der Waals surface area (Å²) in [5.74, 6) is 0.871. The highest BCUT2D eigenvalue weighted by molar-refractivity contribution is 5.91. The fourth-order valence-electron chi connectivity index (χ4n) is 2.05. The van der Waals surface area contributed by atoms with Crippen LogP contribution in [-0.2, 0) is 11.2 Å². The van der Waals surface area contributed by atoms with Gasteiger partial charge in [0, 0.05) is 23.5 Å². The van der Waals surface area contributed by atoms with Gasteiger partial charge in [-0.2, -0.15) is 0 Å². The molecule has 0 saturated heterocycles. The van der Waals surface area contributed by atoms with Crippen molar-refractivity contribution in [2.75, 3.05) is 5.32 Å². The first-order chi connectivity index (χ1) is 10.7. The van der Waals surface area contributed by atoms with E-state index >= 15 is 0 Å². The van der Waals surface area contributed by atoms with Crippen molar-refractivity contribution in [3.8, 4) is 11.3 Å². The molecular weight excluding hydrogens is 278 g/mol. The summed E-state index contributed by atoms with van der Waals surface area (Å²) >= 11 is 0. The number of nitrogens with one attached hydrogen (secondary N) is 1. The zero-order valence-corrected chi connectivity index (χ0v) is 12.1. The number of benzene rings is 1. The molecular formula is C17H15N3O2. The minimum atomic E-state index is -0.154. The molecule has 0 saturated carbocycles. The Labute approximate surface area is 128 Å². The molecule has 5 nitrogen and oxygen atoms in total. The molecule has 2 aromatic heterocycles. The van der Waals surface area contributed by atoms with Crippen LogP contribution in [0.3, 0.4) is 0 Å². The number of amides is 1. The molecule has 2 heterocycles. The van der Waals surface area contributed by atoms with Crippen LogP contribution in [0.25, 0.3) is 11.3 Å². The first kappa shape index (κ1) is 14.0. The standard InChI is InChI=1S/C17H15N3O2/c1-12-7-8-13(11-18-12)9-17(21)19-16-10-15(22-20-16)14-5-3-2-4-6-14/h2-8,10-11H,9H2,1H3,(H,19,20,21). The fourth-order valence-corrected chi connectivity index (χ4v) is 2.05. The third kappa shape index (κ3) is 3.38. The van der Waals surface area contributed by atoms with Crippen LogP contribution < -0.4 is 5.32 Å². The summed E-state index contributed by atoms with van der Waals surface area (Å²) in [4.78, 5) is 16.2. The number of aromatic nitrogens is 2. The number of hydrogen-bond donors (Lipinski definition) is 1. The molecule has 0 aliphatic rings. The largest absolute Gasteiger partial charge is 0.354 e. The van der Waals surface area contributed by atoms with E-state index in [1.165, 1.54) is 0 Å². The maximum absolute atomic E-state index is 12.0. The van der Waals surface area contributed by atoms with E-state index in [1.54, 1.807) is 12.3 Å². The van der Waals surface area contributed by atoms with Crippen LogP contribution in [0, 0.1) is 6.92 Å². The number of anilines is 1. The summed E-state index contributed by atoms with van der Waals surface area (Å²) in [5, 5.41) is 6.59. The Morgan fingerprint density at radius 1 is 1.18 bits per heavy atom. The van der Waals surface area contributed by atoms with Crippen LogP contribution in [0.1, 0.15) is 11.3 Å². The Morgan fingerprint density at radius 3 is 2.73 bits per heavy atom. The molecule has 5 heteroatoms. The van der Waals surface area contributed by atoms with Crippen molar-refractivity contribution in [1.82, 2.24) is 10.1 Å². The fraction of sp³-hybridized carbons (Fsp3) is 0.118. The van der Waals surface area contributed by atoms with Gasteiger partial charge in [-0.25, -0.2) is 0 Å². The first-order valence-corrected chi connectivity index (χ1v) is 6.94. The number of pyridine rings is 1. The summed E-state index contributed by atoms with van der Waals surface area (Å²) in [6.45, 7) is 1.91. The molecule has 0 aliphatic carbocycles. The van der Waals surface area contributed by atoms with Gasteiger partial charge in [-0.15, -0.1) is 0 Å². The number of nitrogens with zero attached hydrogens (tertiary/aromatic N) is 2. The average molecular weight is 293 g/mol. The Kier molecular flexibility index (Phi) is 3.96. The van der Waals surface area contributed by atoms with E-state index in [0.29, 0.717) is 11.6 Å². The molecule has 1 N–H and O–H groups in total. The molecule has 0 radical (unpaired) electrons. The van der Waals surface area contributed by atoms with Gasteiger partial charge in [-0.3, -0.25) is 9.78 Å². The molecule has 0 fully saturated rings. The van der Waals surface area contributed by atoms with Crippen molar-refractivity contribution < 1.29 is 9.32 Å². The van der Waals surface area contributed by atoms with Crippen LogP contribution in [0.5, 0.6) is 0 Å². The highest BCUT2D eigenvalue weighted by Crippen LogP contribution is 2.21. The number of aryl methyl sites for hydroxylation is 1. The van der Waals surface area contributed by atoms with Gasteiger partial charge >= 0.3 is 0 Å². The van der Waals surface area contributed by atoms with Crippen LogP contribution in [0.2, 0.25) is 0 Å². The normalized spacial score (nSPS) is 10.4. The summed E-state index contributed by atoms with van der Waals surface area (Å²) < 4.78 is 5.24. The Bertz CT molecular complexity index is 764. The van der Waals surface area contributed by atoms with Gasteiger partial charge in [0.1, 0.15) is 0 Å². The lowest BCUT2D eigenvalue weighted by molar-refractivity contribution is -0.115. The van der Waals surface area contributed by atoms with Crippen LogP contribution in [0.15, 0.2) is 59.3 Å². The van der Waals surface area contributed by atoms with Gasteiger partial charge in [-0.1, -0.05) is 41.6 Å². The zero-order valence-electron chi connectivity index (χ0n) is 12.1.